The number of rotatable bonds is 5. The molecule has 1 fully saturated rings. The van der Waals surface area contributed by atoms with Crippen LogP contribution in [0.15, 0.2) is 86.5 Å². The molecule has 5 nitrogen and oxygen atoms in total. The first-order valence-corrected chi connectivity index (χ1v) is 10.5. The van der Waals surface area contributed by atoms with Gasteiger partial charge in [0.15, 0.2) is 5.17 Å². The number of furan rings is 1. The Kier molecular flexibility index (Phi) is 6.38. The van der Waals surface area contributed by atoms with E-state index >= 15 is 0 Å². The Balaban J connectivity index is 1.60. The molecule has 4 rings (SSSR count). The molecule has 0 atom stereocenters. The number of amidine groups is 1. The summed E-state index contributed by atoms with van der Waals surface area (Å²) < 4.78 is 5.40. The van der Waals surface area contributed by atoms with Gasteiger partial charge in [-0.25, -0.2) is 0 Å². The van der Waals surface area contributed by atoms with Crippen LogP contribution < -0.4 is 0 Å². The first kappa shape index (κ1) is 20.5. The van der Waals surface area contributed by atoms with Crippen LogP contribution in [0.1, 0.15) is 16.9 Å². The van der Waals surface area contributed by atoms with E-state index in [0.29, 0.717) is 25.9 Å². The molecule has 0 aliphatic carbocycles. The minimum absolute atomic E-state index is 0.160. The first-order chi connectivity index (χ1) is 14.6. The largest absolute Gasteiger partial charge is 0.467 e. The van der Waals surface area contributed by atoms with E-state index < -0.39 is 0 Å². The summed E-state index contributed by atoms with van der Waals surface area (Å²) >= 11 is 13.1. The highest BCUT2D eigenvalue weighted by Gasteiger charge is 2.34. The molecule has 0 radical (unpaired) electrons. The molecule has 0 saturated carbocycles. The van der Waals surface area contributed by atoms with Gasteiger partial charge in [0.05, 0.1) is 23.9 Å². The van der Waals surface area contributed by atoms with Gasteiger partial charge in [-0.3, -0.25) is 9.69 Å². The van der Waals surface area contributed by atoms with Crippen molar-refractivity contribution in [2.75, 3.05) is 0 Å². The van der Waals surface area contributed by atoms with Crippen molar-refractivity contribution in [3.63, 3.8) is 0 Å². The van der Waals surface area contributed by atoms with E-state index in [1.54, 1.807) is 47.7 Å². The van der Waals surface area contributed by atoms with Crippen molar-refractivity contribution in [2.45, 2.75) is 6.54 Å². The normalized spacial score (nSPS) is 17.0. The zero-order chi connectivity index (χ0) is 20.9. The van der Waals surface area contributed by atoms with E-state index in [0.717, 1.165) is 11.1 Å². The molecule has 30 heavy (non-hydrogen) atoms. The zero-order valence-electron chi connectivity index (χ0n) is 15.5. The monoisotopic (exact) mass is 455 g/mol. The van der Waals surface area contributed by atoms with Crippen molar-refractivity contribution in [2.24, 2.45) is 10.2 Å². The molecular formula is C22H15Cl2N3O2S. The Morgan fingerprint density at radius 2 is 1.63 bits per heavy atom. The highest BCUT2D eigenvalue weighted by molar-refractivity contribution is 8.18. The minimum atomic E-state index is -0.160. The van der Waals surface area contributed by atoms with Gasteiger partial charge in [0.25, 0.3) is 5.91 Å². The lowest BCUT2D eigenvalue weighted by Crippen LogP contribution is -2.28. The molecule has 1 aliphatic heterocycles. The molecule has 150 valence electrons. The van der Waals surface area contributed by atoms with Crippen molar-refractivity contribution in [3.05, 3.63) is 98.8 Å². The molecule has 0 spiro atoms. The van der Waals surface area contributed by atoms with Crippen molar-refractivity contribution in [1.82, 2.24) is 4.90 Å². The number of halogens is 2. The van der Waals surface area contributed by atoms with Gasteiger partial charge in [0, 0.05) is 10.0 Å². The fourth-order valence-corrected chi connectivity index (χ4v) is 3.87. The van der Waals surface area contributed by atoms with Gasteiger partial charge in [-0.2, -0.15) is 5.10 Å². The van der Waals surface area contributed by atoms with E-state index in [-0.39, 0.29) is 12.5 Å². The number of carbonyl (C=O) groups is 1. The number of carbonyl (C=O) groups excluding carboxylic acids is 1. The number of amides is 1. The van der Waals surface area contributed by atoms with Crippen LogP contribution in [0.2, 0.25) is 10.0 Å². The first-order valence-electron chi connectivity index (χ1n) is 8.94. The van der Waals surface area contributed by atoms with Crippen molar-refractivity contribution >= 4 is 58.3 Å². The van der Waals surface area contributed by atoms with E-state index in [4.69, 9.17) is 27.6 Å². The predicted molar refractivity (Wildman–Crippen MR) is 123 cm³/mol. The van der Waals surface area contributed by atoms with Gasteiger partial charge in [-0.05, 0) is 65.4 Å². The third kappa shape index (κ3) is 5.02. The smallest absolute Gasteiger partial charge is 0.267 e. The molecule has 3 aromatic rings. The average Bonchev–Trinajstić information content (AvgIpc) is 3.35. The lowest BCUT2D eigenvalue weighted by Gasteiger charge is -2.12. The van der Waals surface area contributed by atoms with Crippen molar-refractivity contribution in [1.29, 1.82) is 0 Å². The Morgan fingerprint density at radius 1 is 0.967 bits per heavy atom. The summed E-state index contributed by atoms with van der Waals surface area (Å²) in [6.07, 6.45) is 4.99. The van der Waals surface area contributed by atoms with Crippen LogP contribution in [-0.4, -0.2) is 22.2 Å². The summed E-state index contributed by atoms with van der Waals surface area (Å²) in [6.45, 7) is 0.270. The molecular weight excluding hydrogens is 441 g/mol. The molecule has 0 unspecified atom stereocenters. The molecule has 0 N–H and O–H groups in total. The molecule has 1 aromatic heterocycles. The minimum Gasteiger partial charge on any atom is -0.467 e. The lowest BCUT2D eigenvalue weighted by atomic mass is 10.2. The second-order valence-corrected chi connectivity index (χ2v) is 8.19. The summed E-state index contributed by atoms with van der Waals surface area (Å²) in [5, 5.41) is 10.2. The fraction of sp³-hybridized carbons (Fsp3) is 0.0455. The standard InChI is InChI=1S/C22H15Cl2N3O2S/c23-17-7-3-15(4-8-17)12-20-21(28)27(14-19-2-1-11-29-19)22(30-20)26-25-13-16-5-9-18(24)10-6-16/h1-13H,14H2/b20-12-,25-13-,26-22+. The quantitative estimate of drug-likeness (QED) is 0.265. The summed E-state index contributed by atoms with van der Waals surface area (Å²) in [5.74, 6) is 0.498. The second-order valence-electron chi connectivity index (χ2n) is 6.31. The van der Waals surface area contributed by atoms with E-state index in [2.05, 4.69) is 10.2 Å². The summed E-state index contributed by atoms with van der Waals surface area (Å²) in [6, 6.07) is 18.1. The number of nitrogens with zero attached hydrogens (tertiary/aromatic N) is 3. The van der Waals surface area contributed by atoms with Crippen molar-refractivity contribution in [3.8, 4) is 0 Å². The van der Waals surface area contributed by atoms with Gasteiger partial charge in [0.2, 0.25) is 0 Å². The SMILES string of the molecule is O=C1/C(=C/c2ccc(Cl)cc2)S/C(=N/N=C\c2ccc(Cl)cc2)N1Cc1ccco1. The maximum atomic E-state index is 13.0. The van der Waals surface area contributed by atoms with Crippen LogP contribution in [-0.2, 0) is 11.3 Å². The van der Waals surface area contributed by atoms with Gasteiger partial charge in [-0.1, -0.05) is 47.5 Å². The predicted octanol–water partition coefficient (Wildman–Crippen LogP) is 6.09. The Bertz CT molecular complexity index is 1120. The maximum Gasteiger partial charge on any atom is 0.267 e. The molecule has 1 aliphatic rings. The van der Waals surface area contributed by atoms with Gasteiger partial charge >= 0.3 is 0 Å². The number of benzene rings is 2. The van der Waals surface area contributed by atoms with Gasteiger partial charge < -0.3 is 4.42 Å². The third-order valence-corrected chi connectivity index (χ3v) is 5.67. The molecule has 1 saturated heterocycles. The molecule has 1 amide bonds. The van der Waals surface area contributed by atoms with E-state index in [1.165, 1.54) is 11.8 Å². The lowest BCUT2D eigenvalue weighted by molar-refractivity contribution is -0.122. The Morgan fingerprint density at radius 3 is 2.27 bits per heavy atom. The van der Waals surface area contributed by atoms with Crippen LogP contribution in [0.3, 0.4) is 0 Å². The highest BCUT2D eigenvalue weighted by Crippen LogP contribution is 2.34. The third-order valence-electron chi connectivity index (χ3n) is 4.17. The van der Waals surface area contributed by atoms with Crippen LogP contribution in [0.25, 0.3) is 6.08 Å². The molecule has 2 heterocycles. The second kappa shape index (κ2) is 9.34. The average molecular weight is 456 g/mol. The van der Waals surface area contributed by atoms with Gasteiger partial charge in [-0.15, -0.1) is 5.10 Å². The topological polar surface area (TPSA) is 58.2 Å². The van der Waals surface area contributed by atoms with Gasteiger partial charge in [0.1, 0.15) is 5.76 Å². The molecule has 0 bridgehead atoms. The fourth-order valence-electron chi connectivity index (χ4n) is 2.68. The van der Waals surface area contributed by atoms with E-state index in [9.17, 15) is 4.79 Å². The Labute approximate surface area is 187 Å². The van der Waals surface area contributed by atoms with Crippen molar-refractivity contribution < 1.29 is 9.21 Å². The summed E-state index contributed by atoms with van der Waals surface area (Å²) in [7, 11) is 0. The molecule has 8 heteroatoms. The number of hydrogen-bond donors (Lipinski definition) is 0. The van der Waals surface area contributed by atoms with Crippen LogP contribution in [0.5, 0.6) is 0 Å². The maximum absolute atomic E-state index is 13.0. The van der Waals surface area contributed by atoms with E-state index in [1.807, 2.05) is 36.4 Å². The van der Waals surface area contributed by atoms with Crippen LogP contribution in [0.4, 0.5) is 0 Å². The van der Waals surface area contributed by atoms with Crippen LogP contribution in [0, 0.1) is 0 Å². The zero-order valence-corrected chi connectivity index (χ0v) is 17.9. The summed E-state index contributed by atoms with van der Waals surface area (Å²) in [5.41, 5.74) is 1.73. The Hall–Kier alpha value is -2.80. The summed E-state index contributed by atoms with van der Waals surface area (Å²) in [4.78, 5) is 15.1. The highest BCUT2D eigenvalue weighted by atomic mass is 35.5. The molecule has 2 aromatic carbocycles. The number of hydrogen-bond acceptors (Lipinski definition) is 5. The number of thioether (sulfide) groups is 1. The van der Waals surface area contributed by atoms with Crippen LogP contribution >= 0.6 is 35.0 Å².